The van der Waals surface area contributed by atoms with E-state index in [1.807, 2.05) is 43.1 Å². The summed E-state index contributed by atoms with van der Waals surface area (Å²) in [4.78, 5) is 11.8. The molecular weight excluding hydrogens is 164 g/mol. The van der Waals surface area contributed by atoms with Crippen LogP contribution in [-0.2, 0) is 13.6 Å². The predicted octanol–water partition coefficient (Wildman–Crippen LogP) is 1.36. The Hall–Kier alpha value is -1.51. The van der Waals surface area contributed by atoms with Crippen LogP contribution in [0.5, 0.6) is 0 Å². The maximum absolute atomic E-state index is 11.8. The van der Waals surface area contributed by atoms with Crippen molar-refractivity contribution >= 4 is 10.9 Å². The largest absolute Gasteiger partial charge is 0.346 e. The molecule has 0 radical (unpaired) electrons. The molecule has 0 unspecified atom stereocenters. The predicted molar refractivity (Wildman–Crippen MR) is 52.9 cm³/mol. The molecular formula is C10H12N2O. The normalized spacial score (nSPS) is 10.9. The van der Waals surface area contributed by atoms with Gasteiger partial charge in [0.25, 0.3) is 5.56 Å². The monoisotopic (exact) mass is 176 g/mol. The second-order valence-corrected chi connectivity index (χ2v) is 3.14. The fourth-order valence-electron chi connectivity index (χ4n) is 1.58. The minimum absolute atomic E-state index is 0.0903. The van der Waals surface area contributed by atoms with Gasteiger partial charge in [0.05, 0.1) is 0 Å². The van der Waals surface area contributed by atoms with Crippen molar-refractivity contribution in [2.24, 2.45) is 7.05 Å². The van der Waals surface area contributed by atoms with Gasteiger partial charge in [-0.25, -0.2) is 0 Å². The first-order chi connectivity index (χ1) is 6.24. The van der Waals surface area contributed by atoms with Gasteiger partial charge in [-0.3, -0.25) is 4.79 Å². The third-order valence-corrected chi connectivity index (χ3v) is 2.34. The summed E-state index contributed by atoms with van der Waals surface area (Å²) in [5.41, 5.74) is 0.872. The van der Waals surface area contributed by atoms with Crippen molar-refractivity contribution in [3.8, 4) is 0 Å². The molecule has 0 aliphatic carbocycles. The van der Waals surface area contributed by atoms with Gasteiger partial charge in [-0.15, -0.1) is 0 Å². The summed E-state index contributed by atoms with van der Waals surface area (Å²) in [6, 6.07) is 3.93. The van der Waals surface area contributed by atoms with Crippen LogP contribution in [0.15, 0.2) is 29.3 Å². The minimum atomic E-state index is 0.0903. The average Bonchev–Trinajstić information content (AvgIpc) is 2.49. The van der Waals surface area contributed by atoms with Crippen molar-refractivity contribution in [2.45, 2.75) is 13.5 Å². The Morgan fingerprint density at radius 1 is 1.31 bits per heavy atom. The van der Waals surface area contributed by atoms with E-state index >= 15 is 0 Å². The maximum Gasteiger partial charge on any atom is 0.275 e. The molecule has 0 aliphatic rings. The summed E-state index contributed by atoms with van der Waals surface area (Å²) in [6.45, 7) is 2.69. The van der Waals surface area contributed by atoms with Crippen LogP contribution in [0.3, 0.4) is 0 Å². The van der Waals surface area contributed by atoms with Crippen LogP contribution in [0.2, 0.25) is 0 Å². The molecule has 0 spiro atoms. The number of fused-ring (bicyclic) bond motifs is 1. The van der Waals surface area contributed by atoms with Gasteiger partial charge in [0.15, 0.2) is 0 Å². The molecule has 68 valence electrons. The second kappa shape index (κ2) is 2.76. The molecule has 0 atom stereocenters. The summed E-state index contributed by atoms with van der Waals surface area (Å²) >= 11 is 0. The zero-order chi connectivity index (χ0) is 9.42. The molecule has 3 heteroatoms. The number of nitrogens with zero attached hydrogens (tertiary/aromatic N) is 2. The first-order valence-electron chi connectivity index (χ1n) is 4.38. The summed E-state index contributed by atoms with van der Waals surface area (Å²) in [5.74, 6) is 0. The third-order valence-electron chi connectivity index (χ3n) is 2.34. The lowest BCUT2D eigenvalue weighted by Crippen LogP contribution is -2.19. The average molecular weight is 176 g/mol. The highest BCUT2D eigenvalue weighted by Gasteiger charge is 2.03. The van der Waals surface area contributed by atoms with Gasteiger partial charge in [0, 0.05) is 31.4 Å². The second-order valence-electron chi connectivity index (χ2n) is 3.14. The van der Waals surface area contributed by atoms with Crippen LogP contribution in [0, 0.1) is 0 Å². The highest BCUT2D eigenvalue weighted by atomic mass is 16.1. The van der Waals surface area contributed by atoms with Crippen molar-refractivity contribution in [2.75, 3.05) is 0 Å². The van der Waals surface area contributed by atoms with Crippen LogP contribution in [0.4, 0.5) is 0 Å². The first-order valence-corrected chi connectivity index (χ1v) is 4.38. The lowest BCUT2D eigenvalue weighted by atomic mass is 10.3. The quantitative estimate of drug-likeness (QED) is 0.644. The van der Waals surface area contributed by atoms with E-state index in [2.05, 4.69) is 0 Å². The van der Waals surface area contributed by atoms with Crippen molar-refractivity contribution < 1.29 is 0 Å². The zero-order valence-corrected chi connectivity index (χ0v) is 7.82. The number of pyridine rings is 1. The van der Waals surface area contributed by atoms with Crippen molar-refractivity contribution in [3.63, 3.8) is 0 Å². The molecule has 0 fully saturated rings. The van der Waals surface area contributed by atoms with E-state index in [0.29, 0.717) is 0 Å². The number of rotatable bonds is 1. The molecule has 2 aromatic heterocycles. The SMILES string of the molecule is CCn1ccc2ccn(C)c2c1=O. The van der Waals surface area contributed by atoms with Crippen molar-refractivity contribution in [1.82, 2.24) is 9.13 Å². The number of aryl methyl sites for hydroxylation is 2. The topological polar surface area (TPSA) is 26.9 Å². The molecule has 0 saturated heterocycles. The van der Waals surface area contributed by atoms with Crippen molar-refractivity contribution in [3.05, 3.63) is 34.9 Å². The molecule has 0 amide bonds. The van der Waals surface area contributed by atoms with Gasteiger partial charge in [-0.1, -0.05) is 0 Å². The van der Waals surface area contributed by atoms with Gasteiger partial charge < -0.3 is 9.13 Å². The van der Waals surface area contributed by atoms with Crippen LogP contribution >= 0.6 is 0 Å². The first kappa shape index (κ1) is 8.10. The standard InChI is InChI=1S/C10H12N2O/c1-3-12-7-5-8-4-6-11(2)9(8)10(12)13/h4-7H,3H2,1-2H3. The molecule has 2 aromatic rings. The highest BCUT2D eigenvalue weighted by molar-refractivity contribution is 5.78. The molecule has 0 saturated carbocycles. The molecule has 0 bridgehead atoms. The lowest BCUT2D eigenvalue weighted by molar-refractivity contribution is 0.729. The van der Waals surface area contributed by atoms with Gasteiger partial charge >= 0.3 is 0 Å². The smallest absolute Gasteiger partial charge is 0.275 e. The van der Waals surface area contributed by atoms with Crippen LogP contribution in [0.25, 0.3) is 10.9 Å². The molecule has 0 aliphatic heterocycles. The van der Waals surface area contributed by atoms with Crippen LogP contribution in [0.1, 0.15) is 6.92 Å². The zero-order valence-electron chi connectivity index (χ0n) is 7.82. The Bertz CT molecular complexity index is 493. The minimum Gasteiger partial charge on any atom is -0.346 e. The molecule has 13 heavy (non-hydrogen) atoms. The summed E-state index contributed by atoms with van der Waals surface area (Å²) in [7, 11) is 1.89. The van der Waals surface area contributed by atoms with Gasteiger partial charge in [-0.05, 0) is 19.1 Å². The fraction of sp³-hybridized carbons (Fsp3) is 0.300. The summed E-state index contributed by atoms with van der Waals surface area (Å²) in [5, 5.41) is 1.01. The van der Waals surface area contributed by atoms with E-state index in [1.54, 1.807) is 4.57 Å². The molecule has 2 rings (SSSR count). The third kappa shape index (κ3) is 1.08. The molecule has 3 nitrogen and oxygen atoms in total. The van der Waals surface area contributed by atoms with E-state index in [4.69, 9.17) is 0 Å². The number of hydrogen-bond acceptors (Lipinski definition) is 1. The maximum atomic E-state index is 11.8. The van der Waals surface area contributed by atoms with E-state index in [9.17, 15) is 4.79 Å². The Labute approximate surface area is 76.2 Å². The Morgan fingerprint density at radius 3 is 2.69 bits per heavy atom. The molecule has 0 N–H and O–H groups in total. The molecule has 0 aromatic carbocycles. The van der Waals surface area contributed by atoms with Crippen molar-refractivity contribution in [1.29, 1.82) is 0 Å². The Balaban J connectivity index is 2.92. The number of aromatic nitrogens is 2. The summed E-state index contributed by atoms with van der Waals surface area (Å²) in [6.07, 6.45) is 3.75. The van der Waals surface area contributed by atoms with Gasteiger partial charge in [0.1, 0.15) is 5.52 Å². The van der Waals surface area contributed by atoms with Crippen LogP contribution < -0.4 is 5.56 Å². The molecule has 2 heterocycles. The van der Waals surface area contributed by atoms with E-state index in [0.717, 1.165) is 17.4 Å². The van der Waals surface area contributed by atoms with Crippen LogP contribution in [-0.4, -0.2) is 9.13 Å². The van der Waals surface area contributed by atoms with E-state index in [1.165, 1.54) is 0 Å². The Morgan fingerprint density at radius 2 is 2.00 bits per heavy atom. The van der Waals surface area contributed by atoms with E-state index < -0.39 is 0 Å². The van der Waals surface area contributed by atoms with E-state index in [-0.39, 0.29) is 5.56 Å². The number of hydrogen-bond donors (Lipinski definition) is 0. The van der Waals surface area contributed by atoms with Gasteiger partial charge in [-0.2, -0.15) is 0 Å². The fourth-order valence-corrected chi connectivity index (χ4v) is 1.58. The Kier molecular flexibility index (Phi) is 1.72. The highest BCUT2D eigenvalue weighted by Crippen LogP contribution is 2.08. The summed E-state index contributed by atoms with van der Waals surface area (Å²) < 4.78 is 3.58. The van der Waals surface area contributed by atoms with Gasteiger partial charge in [0.2, 0.25) is 0 Å². The lowest BCUT2D eigenvalue weighted by Gasteiger charge is -2.02.